The highest BCUT2D eigenvalue weighted by Gasteiger charge is 2.25. The van der Waals surface area contributed by atoms with Crippen LogP contribution in [0.2, 0.25) is 0 Å². The first-order chi connectivity index (χ1) is 11.8. The van der Waals surface area contributed by atoms with Gasteiger partial charge in [-0.25, -0.2) is 9.78 Å². The highest BCUT2D eigenvalue weighted by molar-refractivity contribution is 9.10. The summed E-state index contributed by atoms with van der Waals surface area (Å²) >= 11 is 3.62. The van der Waals surface area contributed by atoms with Gasteiger partial charge >= 0.3 is 5.97 Å². The molecule has 3 heterocycles. The SMILES string of the molecule is Cc1cc(Br)c2c(c1)c1nncn1c1c(C(=O)OC(C)(C)C)ncn21. The summed E-state index contributed by atoms with van der Waals surface area (Å²) in [5, 5.41) is 9.17. The number of ether oxygens (including phenoxy) is 1. The van der Waals surface area contributed by atoms with Gasteiger partial charge in [0.2, 0.25) is 0 Å². The summed E-state index contributed by atoms with van der Waals surface area (Å²) in [4.78, 5) is 16.9. The second kappa shape index (κ2) is 5.26. The lowest BCUT2D eigenvalue weighted by atomic mass is 10.1. The van der Waals surface area contributed by atoms with E-state index in [0.29, 0.717) is 11.3 Å². The van der Waals surface area contributed by atoms with E-state index in [1.54, 1.807) is 17.1 Å². The predicted molar refractivity (Wildman–Crippen MR) is 96.8 cm³/mol. The zero-order valence-electron chi connectivity index (χ0n) is 14.2. The molecule has 8 heteroatoms. The number of rotatable bonds is 1. The van der Waals surface area contributed by atoms with Crippen molar-refractivity contribution < 1.29 is 9.53 Å². The molecule has 0 aliphatic carbocycles. The van der Waals surface area contributed by atoms with E-state index >= 15 is 0 Å². The van der Waals surface area contributed by atoms with Gasteiger partial charge in [-0.15, -0.1) is 10.2 Å². The number of esters is 1. The second-order valence-corrected chi connectivity index (χ2v) is 7.81. The van der Waals surface area contributed by atoms with Crippen molar-refractivity contribution in [3.63, 3.8) is 0 Å². The Morgan fingerprint density at radius 2 is 1.96 bits per heavy atom. The van der Waals surface area contributed by atoms with E-state index in [1.807, 2.05) is 44.2 Å². The summed E-state index contributed by atoms with van der Waals surface area (Å²) in [5.74, 6) is -0.479. The molecule has 0 atom stereocenters. The number of fused-ring (bicyclic) bond motifs is 6. The minimum absolute atomic E-state index is 0.231. The maximum absolute atomic E-state index is 12.6. The molecule has 0 bridgehead atoms. The van der Waals surface area contributed by atoms with Gasteiger partial charge in [0, 0.05) is 9.86 Å². The molecular formula is C17H16BrN5O2. The topological polar surface area (TPSA) is 73.8 Å². The van der Waals surface area contributed by atoms with Crippen LogP contribution in [0, 0.1) is 6.92 Å². The Kier molecular flexibility index (Phi) is 3.37. The maximum Gasteiger partial charge on any atom is 0.361 e. The molecule has 7 nitrogen and oxygen atoms in total. The van der Waals surface area contributed by atoms with E-state index in [4.69, 9.17) is 4.74 Å². The fourth-order valence-electron chi connectivity index (χ4n) is 2.93. The quantitative estimate of drug-likeness (QED) is 0.456. The van der Waals surface area contributed by atoms with E-state index in [9.17, 15) is 4.79 Å². The van der Waals surface area contributed by atoms with Crippen LogP contribution in [0.4, 0.5) is 0 Å². The first-order valence-corrected chi connectivity index (χ1v) is 8.57. The zero-order valence-corrected chi connectivity index (χ0v) is 15.8. The van der Waals surface area contributed by atoms with Crippen molar-refractivity contribution in [2.75, 3.05) is 0 Å². The molecule has 0 aliphatic heterocycles. The Bertz CT molecular complexity index is 1150. The average Bonchev–Trinajstić information content (AvgIpc) is 3.10. The zero-order chi connectivity index (χ0) is 17.9. The van der Waals surface area contributed by atoms with Gasteiger partial charge in [0.1, 0.15) is 18.3 Å². The molecule has 0 spiro atoms. The number of carbonyl (C=O) groups is 1. The van der Waals surface area contributed by atoms with Crippen LogP contribution in [0.25, 0.3) is 22.2 Å². The Hall–Kier alpha value is -2.48. The average molecular weight is 402 g/mol. The van der Waals surface area contributed by atoms with Crippen molar-refractivity contribution in [2.24, 2.45) is 0 Å². The van der Waals surface area contributed by atoms with Gasteiger partial charge in [0.25, 0.3) is 0 Å². The number of hydrogen-bond donors (Lipinski definition) is 0. The molecule has 0 amide bonds. The van der Waals surface area contributed by atoms with Crippen molar-refractivity contribution in [3.8, 4) is 0 Å². The van der Waals surface area contributed by atoms with E-state index in [1.165, 1.54) is 0 Å². The van der Waals surface area contributed by atoms with E-state index in [2.05, 4.69) is 31.1 Å². The number of benzene rings is 1. The second-order valence-electron chi connectivity index (χ2n) is 6.96. The molecule has 128 valence electrons. The molecule has 0 saturated heterocycles. The highest BCUT2D eigenvalue weighted by atomic mass is 79.9. The fourth-order valence-corrected chi connectivity index (χ4v) is 3.70. The molecule has 0 saturated carbocycles. The maximum atomic E-state index is 12.6. The van der Waals surface area contributed by atoms with Gasteiger partial charge in [0.05, 0.1) is 5.52 Å². The number of aromatic nitrogens is 5. The van der Waals surface area contributed by atoms with Crippen molar-refractivity contribution >= 4 is 44.1 Å². The lowest BCUT2D eigenvalue weighted by Crippen LogP contribution is -2.24. The summed E-state index contributed by atoms with van der Waals surface area (Å²) in [6, 6.07) is 4.05. The Labute approximate surface area is 151 Å². The molecule has 0 N–H and O–H groups in total. The number of hydrogen-bond acceptors (Lipinski definition) is 5. The van der Waals surface area contributed by atoms with Crippen LogP contribution in [0.5, 0.6) is 0 Å². The standard InChI is InChI=1S/C17H16BrN5O2/c1-9-5-10-13(11(18)6-9)22-7-19-12(16(24)25-17(2,3)4)15(22)23-8-20-21-14(10)23/h5-8H,1-4H3. The van der Waals surface area contributed by atoms with Gasteiger partial charge in [-0.3, -0.25) is 8.80 Å². The molecule has 0 radical (unpaired) electrons. The third-order valence-electron chi connectivity index (χ3n) is 3.80. The van der Waals surface area contributed by atoms with Crippen LogP contribution in [0.1, 0.15) is 36.8 Å². The number of halogens is 1. The van der Waals surface area contributed by atoms with Crippen LogP contribution in [-0.2, 0) is 4.74 Å². The third kappa shape index (κ3) is 2.48. The van der Waals surface area contributed by atoms with E-state index < -0.39 is 11.6 Å². The molecule has 0 aliphatic rings. The molecule has 4 aromatic rings. The van der Waals surface area contributed by atoms with Gasteiger partial charge in [-0.1, -0.05) is 0 Å². The molecule has 1 aromatic carbocycles. The number of nitrogens with zero attached hydrogens (tertiary/aromatic N) is 5. The highest BCUT2D eigenvalue weighted by Crippen LogP contribution is 2.30. The fraction of sp³-hybridized carbons (Fsp3) is 0.294. The van der Waals surface area contributed by atoms with Gasteiger partial charge < -0.3 is 4.74 Å². The van der Waals surface area contributed by atoms with Gasteiger partial charge in [-0.2, -0.15) is 0 Å². The smallest absolute Gasteiger partial charge is 0.361 e. The van der Waals surface area contributed by atoms with Crippen molar-refractivity contribution in [3.05, 3.63) is 40.5 Å². The number of imidazole rings is 1. The van der Waals surface area contributed by atoms with Crippen LogP contribution in [0.15, 0.2) is 29.3 Å². The minimum Gasteiger partial charge on any atom is -0.455 e. The summed E-state index contributed by atoms with van der Waals surface area (Å²) in [5.41, 5.74) is 2.84. The monoisotopic (exact) mass is 401 g/mol. The van der Waals surface area contributed by atoms with Crippen LogP contribution < -0.4 is 0 Å². The molecular weight excluding hydrogens is 386 g/mol. The molecule has 4 rings (SSSR count). The molecule has 0 fully saturated rings. The molecule has 0 unspecified atom stereocenters. The third-order valence-corrected chi connectivity index (χ3v) is 4.40. The van der Waals surface area contributed by atoms with Crippen LogP contribution in [0.3, 0.4) is 0 Å². The normalized spacial score (nSPS) is 12.4. The number of carbonyl (C=O) groups excluding carboxylic acids is 1. The lowest BCUT2D eigenvalue weighted by molar-refractivity contribution is 0.00655. The summed E-state index contributed by atoms with van der Waals surface area (Å²) < 4.78 is 10.0. The molecule has 3 aromatic heterocycles. The summed E-state index contributed by atoms with van der Waals surface area (Å²) in [6.07, 6.45) is 3.20. The van der Waals surface area contributed by atoms with E-state index in [0.717, 1.165) is 20.9 Å². The van der Waals surface area contributed by atoms with E-state index in [-0.39, 0.29) is 5.69 Å². The van der Waals surface area contributed by atoms with Gasteiger partial charge in [-0.05, 0) is 61.3 Å². The number of aryl methyl sites for hydroxylation is 1. The van der Waals surface area contributed by atoms with Crippen LogP contribution in [-0.4, -0.2) is 35.6 Å². The lowest BCUT2D eigenvalue weighted by Gasteiger charge is -2.18. The van der Waals surface area contributed by atoms with Crippen molar-refractivity contribution in [1.82, 2.24) is 24.0 Å². The molecule has 25 heavy (non-hydrogen) atoms. The Morgan fingerprint density at radius 1 is 1.20 bits per heavy atom. The first kappa shape index (κ1) is 16.0. The summed E-state index contributed by atoms with van der Waals surface area (Å²) in [7, 11) is 0. The largest absolute Gasteiger partial charge is 0.455 e. The van der Waals surface area contributed by atoms with Crippen molar-refractivity contribution in [1.29, 1.82) is 0 Å². The Morgan fingerprint density at radius 3 is 2.68 bits per heavy atom. The minimum atomic E-state index is -0.603. The van der Waals surface area contributed by atoms with Crippen LogP contribution >= 0.6 is 15.9 Å². The van der Waals surface area contributed by atoms with Gasteiger partial charge in [0.15, 0.2) is 17.0 Å². The predicted octanol–water partition coefficient (Wildman–Crippen LogP) is 3.56. The summed E-state index contributed by atoms with van der Waals surface area (Å²) in [6.45, 7) is 7.49. The first-order valence-electron chi connectivity index (χ1n) is 7.78. The Balaban J connectivity index is 2.12. The van der Waals surface area contributed by atoms with Crippen molar-refractivity contribution in [2.45, 2.75) is 33.3 Å².